The van der Waals surface area contributed by atoms with Gasteiger partial charge in [-0.2, -0.15) is 0 Å². The second-order valence-corrected chi connectivity index (χ2v) is 8.89. The van der Waals surface area contributed by atoms with Gasteiger partial charge in [-0.3, -0.25) is 0 Å². The molecule has 0 radical (unpaired) electrons. The van der Waals surface area contributed by atoms with Crippen LogP contribution in [0.15, 0.2) is 30.3 Å². The largest absolute Gasteiger partial charge is 0.365 e. The van der Waals surface area contributed by atoms with Crippen molar-refractivity contribution in [2.24, 2.45) is 0 Å². The van der Waals surface area contributed by atoms with E-state index in [-0.39, 0.29) is 12.4 Å². The molecule has 0 aliphatic heterocycles. The highest BCUT2D eigenvalue weighted by Crippen LogP contribution is 2.43. The van der Waals surface area contributed by atoms with Crippen molar-refractivity contribution in [3.8, 4) is 0 Å². The topological polar surface area (TPSA) is 40.5 Å². The van der Waals surface area contributed by atoms with Crippen LogP contribution in [0.4, 0.5) is 0 Å². The molecule has 0 saturated carbocycles. The summed E-state index contributed by atoms with van der Waals surface area (Å²) in [6.45, 7) is 2.26. The monoisotopic (exact) mass is 374 g/mol. The first-order valence-corrected chi connectivity index (χ1v) is 11.2. The first kappa shape index (κ1) is 23.9. The number of hydrogen-bond donors (Lipinski definition) is 2. The van der Waals surface area contributed by atoms with Crippen LogP contribution in [0.3, 0.4) is 0 Å². The van der Waals surface area contributed by atoms with Crippen LogP contribution in [0.5, 0.6) is 0 Å². The molecule has 1 atom stereocenters. The third-order valence-corrected chi connectivity index (χ3v) is 6.67. The molecule has 2 N–H and O–H groups in total. The Labute approximate surface area is 156 Å². The maximum Gasteiger partial charge on any atom is 0.170 e. The van der Waals surface area contributed by atoms with Crippen LogP contribution < -0.4 is 0 Å². The van der Waals surface area contributed by atoms with Crippen molar-refractivity contribution in [1.29, 1.82) is 0 Å². The van der Waals surface area contributed by atoms with E-state index in [1.54, 1.807) is 0 Å². The molecule has 0 bridgehead atoms. The molecule has 1 rings (SSSR count). The summed E-state index contributed by atoms with van der Waals surface area (Å²) < 4.78 is 0. The molecule has 1 unspecified atom stereocenters. The lowest BCUT2D eigenvalue weighted by atomic mass is 10.1. The zero-order valence-corrected chi connectivity index (χ0v) is 16.9. The fourth-order valence-corrected chi connectivity index (χ4v) is 4.76. The van der Waals surface area contributed by atoms with E-state index >= 15 is 0 Å². The van der Waals surface area contributed by atoms with Crippen LogP contribution in [0.1, 0.15) is 76.7 Å². The van der Waals surface area contributed by atoms with Gasteiger partial charge in [0, 0.05) is 0 Å². The zero-order valence-electron chi connectivity index (χ0n) is 15.2. The Kier molecular flexibility index (Phi) is 16.2. The molecule has 1 aromatic rings. The fourth-order valence-electron chi connectivity index (χ4n) is 2.90. The van der Waals surface area contributed by atoms with E-state index in [0.29, 0.717) is 0 Å². The highest BCUT2D eigenvalue weighted by atomic mass is 35.5. The number of unbranched alkanes of at least 4 members (excludes halogenated alkanes) is 9. The molecular formula is C20H36ClO2P. The molecule has 0 aliphatic rings. The molecule has 0 saturated heterocycles. The number of halogens is 1. The number of rotatable bonds is 14. The third-order valence-electron chi connectivity index (χ3n) is 4.35. The first-order valence-electron chi connectivity index (χ1n) is 9.38. The standard InChI is InChI=1S/C20H35O2P.ClH/c1-2-3-4-5-6-7-8-9-10-14-17-23(20(21)22)18-19-15-12-11-13-16-19;/h11-13,15-16,20-22H,2-10,14,17-18H2,1H3;1H. The number of aliphatic hydroxyl groups is 2. The smallest absolute Gasteiger partial charge is 0.170 e. The van der Waals surface area contributed by atoms with E-state index in [1.165, 1.54) is 63.4 Å². The van der Waals surface area contributed by atoms with E-state index < -0.39 is 14.0 Å². The van der Waals surface area contributed by atoms with Crippen molar-refractivity contribution in [2.75, 3.05) is 6.16 Å². The third kappa shape index (κ3) is 12.3. The lowest BCUT2D eigenvalue weighted by Gasteiger charge is -2.19. The summed E-state index contributed by atoms with van der Waals surface area (Å²) in [5.41, 5.74) is 1.22. The van der Waals surface area contributed by atoms with Gasteiger partial charge in [-0.1, -0.05) is 95.0 Å². The van der Waals surface area contributed by atoms with Gasteiger partial charge in [0.2, 0.25) is 0 Å². The van der Waals surface area contributed by atoms with Gasteiger partial charge < -0.3 is 10.2 Å². The number of hydrogen-bond acceptors (Lipinski definition) is 2. The van der Waals surface area contributed by atoms with E-state index in [9.17, 15) is 10.2 Å². The predicted octanol–water partition coefficient (Wildman–Crippen LogP) is 6.28. The summed E-state index contributed by atoms with van der Waals surface area (Å²) in [5, 5.41) is 19.2. The average molecular weight is 375 g/mol. The first-order chi connectivity index (χ1) is 11.2. The van der Waals surface area contributed by atoms with Gasteiger partial charge in [-0.25, -0.2) is 0 Å². The Bertz CT molecular complexity index is 373. The number of benzene rings is 1. The van der Waals surface area contributed by atoms with Gasteiger partial charge in [-0.15, -0.1) is 12.4 Å². The summed E-state index contributed by atoms with van der Waals surface area (Å²) in [5.74, 6) is 0. The second-order valence-electron chi connectivity index (χ2n) is 6.48. The molecular weight excluding hydrogens is 339 g/mol. The zero-order chi connectivity index (χ0) is 16.8. The molecule has 0 aromatic heterocycles. The van der Waals surface area contributed by atoms with Gasteiger partial charge in [0.25, 0.3) is 0 Å². The van der Waals surface area contributed by atoms with E-state index in [4.69, 9.17) is 0 Å². The minimum Gasteiger partial charge on any atom is -0.365 e. The van der Waals surface area contributed by atoms with Gasteiger partial charge >= 0.3 is 0 Å². The van der Waals surface area contributed by atoms with Crippen molar-refractivity contribution >= 4 is 20.3 Å². The van der Waals surface area contributed by atoms with Gasteiger partial charge in [-0.05, 0) is 32.2 Å². The molecule has 0 aliphatic carbocycles. The summed E-state index contributed by atoms with van der Waals surface area (Å²) in [4.78, 5) is 0. The van der Waals surface area contributed by atoms with Crippen molar-refractivity contribution in [2.45, 2.75) is 83.3 Å². The molecule has 0 amide bonds. The average Bonchev–Trinajstić information content (AvgIpc) is 2.56. The molecule has 0 heterocycles. The van der Waals surface area contributed by atoms with Crippen molar-refractivity contribution in [1.82, 2.24) is 0 Å². The van der Waals surface area contributed by atoms with E-state index in [1.807, 2.05) is 18.2 Å². The maximum atomic E-state index is 9.60. The van der Waals surface area contributed by atoms with Gasteiger partial charge in [0.15, 0.2) is 6.03 Å². The normalized spacial score (nSPS) is 12.2. The van der Waals surface area contributed by atoms with E-state index in [0.717, 1.165) is 18.7 Å². The van der Waals surface area contributed by atoms with Crippen LogP contribution >= 0.6 is 20.3 Å². The Morgan fingerprint density at radius 3 is 1.79 bits per heavy atom. The van der Waals surface area contributed by atoms with Crippen molar-refractivity contribution in [3.05, 3.63) is 35.9 Å². The van der Waals surface area contributed by atoms with E-state index in [2.05, 4.69) is 19.1 Å². The quantitative estimate of drug-likeness (QED) is 0.228. The Morgan fingerprint density at radius 2 is 1.29 bits per heavy atom. The summed E-state index contributed by atoms with van der Waals surface area (Å²) in [6, 6.07) is 9.07. The minimum absolute atomic E-state index is 0. The molecule has 4 heteroatoms. The van der Waals surface area contributed by atoms with Crippen LogP contribution in [0.25, 0.3) is 0 Å². The van der Waals surface area contributed by atoms with Crippen LogP contribution in [-0.2, 0) is 6.16 Å². The van der Waals surface area contributed by atoms with Crippen molar-refractivity contribution in [3.63, 3.8) is 0 Å². The molecule has 140 valence electrons. The Balaban J connectivity index is 0.00000529. The molecule has 1 aromatic carbocycles. The Hall–Kier alpha value is -0.140. The molecule has 0 spiro atoms. The molecule has 0 fully saturated rings. The summed E-state index contributed by atoms with van der Waals surface area (Å²) >= 11 is 0. The second kappa shape index (κ2) is 16.3. The number of aliphatic hydroxyl groups excluding tert-OH is 1. The van der Waals surface area contributed by atoms with Crippen molar-refractivity contribution < 1.29 is 10.2 Å². The fraction of sp³-hybridized carbons (Fsp3) is 0.700. The molecule has 24 heavy (non-hydrogen) atoms. The Morgan fingerprint density at radius 1 is 0.792 bits per heavy atom. The molecule has 2 nitrogen and oxygen atoms in total. The minimum atomic E-state index is -1.14. The van der Waals surface area contributed by atoms with Crippen LogP contribution in [0.2, 0.25) is 0 Å². The maximum absolute atomic E-state index is 9.60. The highest BCUT2D eigenvalue weighted by molar-refractivity contribution is 7.57. The lowest BCUT2D eigenvalue weighted by Crippen LogP contribution is -2.06. The summed E-state index contributed by atoms with van der Waals surface area (Å²) in [7, 11) is -0.719. The highest BCUT2D eigenvalue weighted by Gasteiger charge is 2.15. The SMILES string of the molecule is CCCCCCCCCCCCP(Cc1ccccc1)C(O)O.Cl. The van der Waals surface area contributed by atoms with Gasteiger partial charge in [0.05, 0.1) is 0 Å². The van der Waals surface area contributed by atoms with Crippen LogP contribution in [-0.4, -0.2) is 22.4 Å². The predicted molar refractivity (Wildman–Crippen MR) is 109 cm³/mol. The van der Waals surface area contributed by atoms with Gasteiger partial charge in [0.1, 0.15) is 0 Å². The summed E-state index contributed by atoms with van der Waals surface area (Å²) in [6.07, 6.45) is 15.0. The van der Waals surface area contributed by atoms with Crippen LogP contribution in [0, 0.1) is 0 Å². The lowest BCUT2D eigenvalue weighted by molar-refractivity contribution is 0.0342.